The summed E-state index contributed by atoms with van der Waals surface area (Å²) < 4.78 is 24.4. The van der Waals surface area contributed by atoms with Crippen LogP contribution in [-0.4, -0.2) is 21.3 Å². The minimum atomic E-state index is -0.874. The van der Waals surface area contributed by atoms with Crippen LogP contribution in [0.5, 0.6) is 23.0 Å². The summed E-state index contributed by atoms with van der Waals surface area (Å²) in [6, 6.07) is 35.8. The number of ether oxygens (including phenoxy) is 4. The quantitative estimate of drug-likeness (QED) is 0.200. The third-order valence-corrected chi connectivity index (χ3v) is 9.77. The second kappa shape index (κ2) is 9.90. The summed E-state index contributed by atoms with van der Waals surface area (Å²) in [6.07, 6.45) is 4.49. The highest BCUT2D eigenvalue weighted by Gasteiger charge is 2.44. The monoisotopic (exact) mass is 590 g/mol. The van der Waals surface area contributed by atoms with E-state index in [9.17, 15) is 0 Å². The number of rotatable bonds is 5. The van der Waals surface area contributed by atoms with Crippen molar-refractivity contribution in [1.29, 1.82) is 0 Å². The lowest BCUT2D eigenvalue weighted by atomic mass is 9.78. The fourth-order valence-corrected chi connectivity index (χ4v) is 7.56. The predicted octanol–water partition coefficient (Wildman–Crippen LogP) is 9.67. The van der Waals surface area contributed by atoms with Gasteiger partial charge in [0.2, 0.25) is 0 Å². The molecule has 0 radical (unpaired) electrons. The van der Waals surface area contributed by atoms with Crippen LogP contribution in [0.1, 0.15) is 41.7 Å². The van der Waals surface area contributed by atoms with E-state index < -0.39 is 5.60 Å². The summed E-state index contributed by atoms with van der Waals surface area (Å²) >= 11 is 0. The lowest BCUT2D eigenvalue weighted by molar-refractivity contribution is 0.163. The molecule has 0 atom stereocenters. The van der Waals surface area contributed by atoms with Gasteiger partial charge in [0, 0.05) is 32.9 Å². The van der Waals surface area contributed by atoms with Gasteiger partial charge in [0.1, 0.15) is 23.0 Å². The first kappa shape index (κ1) is 27.3. The maximum Gasteiger partial charge on any atom is 0.178 e. The molecule has 1 aliphatic heterocycles. The number of hydrogen-bond donors (Lipinski definition) is 0. The van der Waals surface area contributed by atoms with E-state index in [1.807, 2.05) is 24.3 Å². The highest BCUT2D eigenvalue weighted by Crippen LogP contribution is 2.60. The third kappa shape index (κ3) is 3.78. The highest BCUT2D eigenvalue weighted by atomic mass is 16.5. The zero-order valence-corrected chi connectivity index (χ0v) is 26.1. The Balaban J connectivity index is 1.46. The molecule has 8 rings (SSSR count). The zero-order valence-electron chi connectivity index (χ0n) is 26.1. The summed E-state index contributed by atoms with van der Waals surface area (Å²) in [4.78, 5) is 0. The molecule has 0 saturated carbocycles. The number of methoxy groups -OCH3 is 3. The Hall–Kier alpha value is -5.22. The summed E-state index contributed by atoms with van der Waals surface area (Å²) in [5.41, 5.74) is 7.06. The molecule has 6 aromatic carbocycles. The van der Waals surface area contributed by atoms with Gasteiger partial charge in [0.05, 0.1) is 21.3 Å². The second-order valence-corrected chi connectivity index (χ2v) is 12.3. The standard InChI is InChI=1S/C41H34O4/c1-40(2)34-24-35(44-5)29-10-6-7-11-30(29)36(34)37-33-22-23-41(25-14-18-27(42-3)19-15-25,26-16-20-28(43-4)21-17-26)45-39(33)32-13-9-8-12-31(32)38(37)40/h6-24H,1-5H3. The fourth-order valence-electron chi connectivity index (χ4n) is 7.56. The molecule has 0 amide bonds. The van der Waals surface area contributed by atoms with Crippen LogP contribution in [-0.2, 0) is 11.0 Å². The molecule has 4 heteroatoms. The van der Waals surface area contributed by atoms with Gasteiger partial charge in [-0.05, 0) is 75.5 Å². The van der Waals surface area contributed by atoms with Gasteiger partial charge in [-0.2, -0.15) is 0 Å². The van der Waals surface area contributed by atoms with E-state index in [2.05, 4.69) is 105 Å². The average Bonchev–Trinajstić information content (AvgIpc) is 3.34. The molecule has 0 fully saturated rings. The molecule has 0 bridgehead atoms. The normalized spacial score (nSPS) is 15.2. The predicted molar refractivity (Wildman–Crippen MR) is 182 cm³/mol. The van der Waals surface area contributed by atoms with Crippen molar-refractivity contribution in [2.45, 2.75) is 24.9 Å². The number of benzene rings is 6. The van der Waals surface area contributed by atoms with E-state index in [0.717, 1.165) is 50.5 Å². The smallest absolute Gasteiger partial charge is 0.178 e. The molecule has 1 aliphatic carbocycles. The zero-order chi connectivity index (χ0) is 30.9. The molecule has 6 aromatic rings. The van der Waals surface area contributed by atoms with Crippen molar-refractivity contribution in [3.63, 3.8) is 0 Å². The van der Waals surface area contributed by atoms with Crippen molar-refractivity contribution in [1.82, 2.24) is 0 Å². The van der Waals surface area contributed by atoms with Crippen LogP contribution in [0.3, 0.4) is 0 Å². The van der Waals surface area contributed by atoms with Crippen molar-refractivity contribution in [3.05, 3.63) is 137 Å². The Labute approximate surface area is 263 Å². The topological polar surface area (TPSA) is 36.9 Å². The van der Waals surface area contributed by atoms with E-state index >= 15 is 0 Å². The Morgan fingerprint density at radius 2 is 1.13 bits per heavy atom. The molecule has 222 valence electrons. The lowest BCUT2D eigenvalue weighted by Gasteiger charge is -2.38. The van der Waals surface area contributed by atoms with Crippen molar-refractivity contribution in [3.8, 4) is 34.1 Å². The third-order valence-electron chi connectivity index (χ3n) is 9.77. The van der Waals surface area contributed by atoms with Crippen molar-refractivity contribution >= 4 is 27.6 Å². The average molecular weight is 591 g/mol. The first-order valence-corrected chi connectivity index (χ1v) is 15.3. The van der Waals surface area contributed by atoms with E-state index in [-0.39, 0.29) is 5.41 Å². The Morgan fingerprint density at radius 1 is 0.578 bits per heavy atom. The van der Waals surface area contributed by atoms with Gasteiger partial charge in [-0.15, -0.1) is 0 Å². The van der Waals surface area contributed by atoms with Gasteiger partial charge in [-0.1, -0.05) is 86.6 Å². The molecule has 4 nitrogen and oxygen atoms in total. The SMILES string of the molecule is COc1ccc(C2(c3ccc(OC)cc3)C=Cc3c4c(c5ccccc5c3O2)C(C)(C)c2cc(OC)c3ccccc3c2-4)cc1. The largest absolute Gasteiger partial charge is 0.497 e. The molecule has 0 N–H and O–H groups in total. The van der Waals surface area contributed by atoms with Crippen molar-refractivity contribution in [2.75, 3.05) is 21.3 Å². The molecule has 45 heavy (non-hydrogen) atoms. The minimum absolute atomic E-state index is 0.259. The van der Waals surface area contributed by atoms with Crippen LogP contribution >= 0.6 is 0 Å². The Bertz CT molecular complexity index is 2110. The first-order valence-electron chi connectivity index (χ1n) is 15.3. The van der Waals surface area contributed by atoms with Crippen LogP contribution in [0.15, 0.2) is 109 Å². The van der Waals surface area contributed by atoms with Crippen molar-refractivity contribution in [2.24, 2.45) is 0 Å². The van der Waals surface area contributed by atoms with E-state index in [4.69, 9.17) is 18.9 Å². The maximum atomic E-state index is 7.42. The molecular formula is C41H34O4. The summed E-state index contributed by atoms with van der Waals surface area (Å²) in [7, 11) is 5.13. The second-order valence-electron chi connectivity index (χ2n) is 12.3. The molecular weight excluding hydrogens is 556 g/mol. The van der Waals surface area contributed by atoms with Gasteiger partial charge in [0.15, 0.2) is 5.60 Å². The number of fused-ring (bicyclic) bond motifs is 10. The molecule has 0 spiro atoms. The highest BCUT2D eigenvalue weighted by molar-refractivity contribution is 6.13. The molecule has 0 unspecified atom stereocenters. The first-order chi connectivity index (χ1) is 21.9. The Morgan fingerprint density at radius 3 is 1.71 bits per heavy atom. The van der Waals surface area contributed by atoms with Crippen LogP contribution in [0, 0.1) is 0 Å². The number of hydrogen-bond acceptors (Lipinski definition) is 4. The molecule has 1 heterocycles. The van der Waals surface area contributed by atoms with Crippen LogP contribution in [0.4, 0.5) is 0 Å². The van der Waals surface area contributed by atoms with Crippen LogP contribution in [0.2, 0.25) is 0 Å². The Kier molecular flexibility index (Phi) is 6.01. The van der Waals surface area contributed by atoms with E-state index in [1.54, 1.807) is 21.3 Å². The maximum absolute atomic E-state index is 7.42. The van der Waals surface area contributed by atoms with Gasteiger partial charge in [0.25, 0.3) is 0 Å². The molecule has 2 aliphatic rings. The van der Waals surface area contributed by atoms with E-state index in [1.165, 1.54) is 33.0 Å². The van der Waals surface area contributed by atoms with Gasteiger partial charge in [-0.25, -0.2) is 0 Å². The van der Waals surface area contributed by atoms with Gasteiger partial charge in [-0.3, -0.25) is 0 Å². The van der Waals surface area contributed by atoms with Crippen LogP contribution < -0.4 is 18.9 Å². The minimum Gasteiger partial charge on any atom is -0.497 e. The fraction of sp³-hybridized carbons (Fsp3) is 0.171. The summed E-state index contributed by atoms with van der Waals surface area (Å²) in [5, 5.41) is 4.59. The molecule has 0 saturated heterocycles. The summed E-state index contributed by atoms with van der Waals surface area (Å²) in [6.45, 7) is 4.66. The van der Waals surface area contributed by atoms with Gasteiger partial charge >= 0.3 is 0 Å². The van der Waals surface area contributed by atoms with Crippen LogP contribution in [0.25, 0.3) is 38.7 Å². The lowest BCUT2D eigenvalue weighted by Crippen LogP contribution is -2.34. The van der Waals surface area contributed by atoms with E-state index in [0.29, 0.717) is 0 Å². The summed E-state index contributed by atoms with van der Waals surface area (Å²) in [5.74, 6) is 3.37. The van der Waals surface area contributed by atoms with Crippen molar-refractivity contribution < 1.29 is 18.9 Å². The molecule has 0 aromatic heterocycles. The van der Waals surface area contributed by atoms with Gasteiger partial charge < -0.3 is 18.9 Å².